The number of carbonyl (C=O) groups excluding carboxylic acids is 3. The van der Waals surface area contributed by atoms with E-state index in [0.29, 0.717) is 19.3 Å². The lowest BCUT2D eigenvalue weighted by atomic mass is 10.1. The molecule has 6 heteroatoms. The molecule has 0 saturated carbocycles. The van der Waals surface area contributed by atoms with Crippen molar-refractivity contribution >= 4 is 17.9 Å². The van der Waals surface area contributed by atoms with E-state index in [9.17, 15) is 14.4 Å². The fourth-order valence-corrected chi connectivity index (χ4v) is 7.58. The van der Waals surface area contributed by atoms with Gasteiger partial charge in [0.05, 0.1) is 0 Å². The normalized spacial score (nSPS) is 12.5. The van der Waals surface area contributed by atoms with Gasteiger partial charge in [0.2, 0.25) is 0 Å². The first-order valence-corrected chi connectivity index (χ1v) is 27.3. The van der Waals surface area contributed by atoms with E-state index in [2.05, 4.69) is 81.5 Å². The van der Waals surface area contributed by atoms with E-state index in [1.807, 2.05) is 0 Å². The predicted molar refractivity (Wildman–Crippen MR) is 275 cm³/mol. The number of esters is 3. The van der Waals surface area contributed by atoms with Crippen LogP contribution in [0.1, 0.15) is 271 Å². The smallest absolute Gasteiger partial charge is 0.306 e. The molecule has 0 aromatic rings. The quantitative estimate of drug-likeness (QED) is 0.0199. The first-order chi connectivity index (χ1) is 31.5. The molecule has 0 aromatic heterocycles. The molecule has 0 aromatic carbocycles. The van der Waals surface area contributed by atoms with E-state index in [1.54, 1.807) is 0 Å². The van der Waals surface area contributed by atoms with Gasteiger partial charge < -0.3 is 14.2 Å². The summed E-state index contributed by atoms with van der Waals surface area (Å²) in [5, 5.41) is 0. The Labute approximate surface area is 396 Å². The standard InChI is InChI=1S/C58H102O6/c1-4-7-10-13-16-19-22-24-26-28-29-30-32-33-36-39-42-45-48-51-57(60)63-54-55(53-62-56(59)50-47-44-41-38-35-21-18-15-12-9-6-3)64-58(61)52-49-46-43-40-37-34-31-27-25-23-20-17-14-11-8-5-2/h15-16,18-19,22,24,27,31,34,37,55H,4-14,17,20-21,23,25-26,28-30,32-33,35-36,38-54H2,1-3H3/b18-15-,19-16-,24-22-,31-27-,37-34-. The van der Waals surface area contributed by atoms with Crippen LogP contribution in [0.25, 0.3) is 0 Å². The first kappa shape index (κ1) is 61.1. The summed E-state index contributed by atoms with van der Waals surface area (Å²) in [5.41, 5.74) is 0. The van der Waals surface area contributed by atoms with Gasteiger partial charge in [-0.2, -0.15) is 0 Å². The summed E-state index contributed by atoms with van der Waals surface area (Å²) in [7, 11) is 0. The highest BCUT2D eigenvalue weighted by atomic mass is 16.6. The Bertz CT molecular complexity index is 1170. The molecule has 0 fully saturated rings. The van der Waals surface area contributed by atoms with Gasteiger partial charge in [-0.05, 0) is 89.9 Å². The zero-order valence-corrected chi connectivity index (χ0v) is 42.3. The summed E-state index contributed by atoms with van der Waals surface area (Å²) in [5.74, 6) is -0.923. The highest BCUT2D eigenvalue weighted by Gasteiger charge is 2.19. The Hall–Kier alpha value is -2.89. The summed E-state index contributed by atoms with van der Waals surface area (Å²) in [6.07, 6.45) is 64.9. The molecule has 0 N–H and O–H groups in total. The molecule has 0 aliphatic rings. The summed E-state index contributed by atoms with van der Waals surface area (Å²) in [6.45, 7) is 6.55. The average molecular weight is 895 g/mol. The summed E-state index contributed by atoms with van der Waals surface area (Å²) < 4.78 is 16.8. The van der Waals surface area contributed by atoms with Crippen LogP contribution in [0.15, 0.2) is 60.8 Å². The maximum absolute atomic E-state index is 12.8. The molecule has 0 spiro atoms. The van der Waals surface area contributed by atoms with Gasteiger partial charge in [-0.1, -0.05) is 223 Å². The molecule has 64 heavy (non-hydrogen) atoms. The summed E-state index contributed by atoms with van der Waals surface area (Å²) in [6, 6.07) is 0. The third kappa shape index (κ3) is 50.1. The second-order valence-corrected chi connectivity index (χ2v) is 18.2. The molecule has 1 atom stereocenters. The zero-order valence-electron chi connectivity index (χ0n) is 42.3. The number of carbonyl (C=O) groups is 3. The maximum Gasteiger partial charge on any atom is 0.306 e. The van der Waals surface area contributed by atoms with Gasteiger partial charge in [0.1, 0.15) is 13.2 Å². The second kappa shape index (κ2) is 52.7. The van der Waals surface area contributed by atoms with Crippen molar-refractivity contribution in [1.29, 1.82) is 0 Å². The molecule has 6 nitrogen and oxygen atoms in total. The van der Waals surface area contributed by atoms with Crippen LogP contribution in [0.2, 0.25) is 0 Å². The van der Waals surface area contributed by atoms with Crippen LogP contribution in [0, 0.1) is 0 Å². The van der Waals surface area contributed by atoms with Gasteiger partial charge in [0.15, 0.2) is 6.10 Å². The number of hydrogen-bond acceptors (Lipinski definition) is 6. The Morgan fingerprint density at radius 1 is 0.312 bits per heavy atom. The lowest BCUT2D eigenvalue weighted by molar-refractivity contribution is -0.167. The lowest BCUT2D eigenvalue weighted by Crippen LogP contribution is -2.30. The van der Waals surface area contributed by atoms with Crippen molar-refractivity contribution in [2.75, 3.05) is 13.2 Å². The molecule has 0 saturated heterocycles. The van der Waals surface area contributed by atoms with Crippen LogP contribution in [0.3, 0.4) is 0 Å². The predicted octanol–water partition coefficient (Wildman–Crippen LogP) is 18.0. The fourth-order valence-electron chi connectivity index (χ4n) is 7.58. The third-order valence-electron chi connectivity index (χ3n) is 11.8. The Balaban J connectivity index is 4.38. The number of allylic oxidation sites excluding steroid dienone is 10. The van der Waals surface area contributed by atoms with Gasteiger partial charge in [0, 0.05) is 19.3 Å². The van der Waals surface area contributed by atoms with Crippen molar-refractivity contribution in [3.05, 3.63) is 60.8 Å². The molecule has 0 rings (SSSR count). The molecule has 0 aliphatic carbocycles. The molecule has 0 bridgehead atoms. The molecule has 370 valence electrons. The van der Waals surface area contributed by atoms with E-state index in [0.717, 1.165) is 77.0 Å². The lowest BCUT2D eigenvalue weighted by Gasteiger charge is -2.18. The third-order valence-corrected chi connectivity index (χ3v) is 11.8. The minimum absolute atomic E-state index is 0.0888. The van der Waals surface area contributed by atoms with Crippen molar-refractivity contribution in [2.45, 2.75) is 277 Å². The van der Waals surface area contributed by atoms with Gasteiger partial charge >= 0.3 is 17.9 Å². The molecule has 1 unspecified atom stereocenters. The van der Waals surface area contributed by atoms with E-state index in [-0.39, 0.29) is 31.1 Å². The topological polar surface area (TPSA) is 78.9 Å². The monoisotopic (exact) mass is 895 g/mol. The SMILES string of the molecule is CCCC/C=C\CCCCCCCC(=O)OCC(COC(=O)CCCCCCCCCCCC/C=C\C=C/CCCCC)OC(=O)CCCCC/C=C\C=C/CCCCCCCCC. The van der Waals surface area contributed by atoms with E-state index >= 15 is 0 Å². The zero-order chi connectivity index (χ0) is 46.5. The van der Waals surface area contributed by atoms with Crippen molar-refractivity contribution in [3.63, 3.8) is 0 Å². The molecule has 0 heterocycles. The highest BCUT2D eigenvalue weighted by molar-refractivity contribution is 5.71. The van der Waals surface area contributed by atoms with Crippen molar-refractivity contribution in [2.24, 2.45) is 0 Å². The van der Waals surface area contributed by atoms with Gasteiger partial charge in [0.25, 0.3) is 0 Å². The number of hydrogen-bond donors (Lipinski definition) is 0. The summed E-state index contributed by atoms with van der Waals surface area (Å²) >= 11 is 0. The molecule has 0 radical (unpaired) electrons. The minimum Gasteiger partial charge on any atom is -0.462 e. The number of ether oxygens (including phenoxy) is 3. The van der Waals surface area contributed by atoms with Crippen LogP contribution < -0.4 is 0 Å². The molecule has 0 amide bonds. The number of rotatable bonds is 49. The molecule has 0 aliphatic heterocycles. The van der Waals surface area contributed by atoms with Crippen LogP contribution in [0.4, 0.5) is 0 Å². The Morgan fingerprint density at radius 2 is 0.578 bits per heavy atom. The first-order valence-electron chi connectivity index (χ1n) is 27.3. The fraction of sp³-hybridized carbons (Fsp3) is 0.776. The van der Waals surface area contributed by atoms with Crippen LogP contribution in [0.5, 0.6) is 0 Å². The van der Waals surface area contributed by atoms with Gasteiger partial charge in [-0.25, -0.2) is 0 Å². The van der Waals surface area contributed by atoms with Crippen LogP contribution >= 0.6 is 0 Å². The maximum atomic E-state index is 12.8. The van der Waals surface area contributed by atoms with Gasteiger partial charge in [-0.15, -0.1) is 0 Å². The number of unbranched alkanes of at least 4 members (excludes halogenated alkanes) is 30. The minimum atomic E-state index is -0.791. The van der Waals surface area contributed by atoms with E-state index in [4.69, 9.17) is 14.2 Å². The van der Waals surface area contributed by atoms with E-state index < -0.39 is 6.10 Å². The van der Waals surface area contributed by atoms with E-state index in [1.165, 1.54) is 154 Å². The second-order valence-electron chi connectivity index (χ2n) is 18.2. The Morgan fingerprint density at radius 3 is 0.969 bits per heavy atom. The van der Waals surface area contributed by atoms with Gasteiger partial charge in [-0.3, -0.25) is 14.4 Å². The average Bonchev–Trinajstić information content (AvgIpc) is 3.29. The van der Waals surface area contributed by atoms with Crippen LogP contribution in [-0.4, -0.2) is 37.2 Å². The van der Waals surface area contributed by atoms with Crippen molar-refractivity contribution in [1.82, 2.24) is 0 Å². The Kier molecular flexibility index (Phi) is 50.4. The highest BCUT2D eigenvalue weighted by Crippen LogP contribution is 2.15. The van der Waals surface area contributed by atoms with Crippen LogP contribution in [-0.2, 0) is 28.6 Å². The summed E-state index contributed by atoms with van der Waals surface area (Å²) in [4.78, 5) is 38.0. The van der Waals surface area contributed by atoms with Crippen molar-refractivity contribution in [3.8, 4) is 0 Å². The molecular weight excluding hydrogens is 793 g/mol. The molecular formula is C58H102O6. The largest absolute Gasteiger partial charge is 0.462 e. The van der Waals surface area contributed by atoms with Crippen molar-refractivity contribution < 1.29 is 28.6 Å².